The predicted octanol–water partition coefficient (Wildman–Crippen LogP) is 1.88. The summed E-state index contributed by atoms with van der Waals surface area (Å²) >= 11 is 0. The normalized spacial score (nSPS) is 48.6. The summed E-state index contributed by atoms with van der Waals surface area (Å²) in [7, 11) is 0. The van der Waals surface area contributed by atoms with E-state index in [2.05, 4.69) is 0 Å². The van der Waals surface area contributed by atoms with Crippen LogP contribution in [0.1, 0.15) is 45.4 Å². The zero-order valence-corrected chi connectivity index (χ0v) is 9.34. The van der Waals surface area contributed by atoms with Crippen LogP contribution >= 0.6 is 0 Å². The highest BCUT2D eigenvalue weighted by Crippen LogP contribution is 2.54. The Morgan fingerprint density at radius 1 is 1.00 bits per heavy atom. The Bertz CT molecular complexity index is 165. The summed E-state index contributed by atoms with van der Waals surface area (Å²) in [4.78, 5) is 0. The average molecular weight is 196 g/mol. The second kappa shape index (κ2) is 3.82. The molecule has 4 saturated carbocycles. The largest absolute Gasteiger partial charge is 0.331 e. The molecule has 2 heteroatoms. The number of nitrogens with two attached hydrogens (primary N) is 2. The van der Waals surface area contributed by atoms with Crippen molar-refractivity contribution in [1.29, 1.82) is 0 Å². The van der Waals surface area contributed by atoms with E-state index < -0.39 is 0 Å². The van der Waals surface area contributed by atoms with E-state index in [0.717, 1.165) is 24.3 Å². The van der Waals surface area contributed by atoms with Crippen molar-refractivity contribution in [2.24, 2.45) is 29.2 Å². The molecule has 0 unspecified atom stereocenters. The van der Waals surface area contributed by atoms with Gasteiger partial charge in [-0.1, -0.05) is 6.92 Å². The van der Waals surface area contributed by atoms with Gasteiger partial charge < -0.3 is 11.5 Å². The van der Waals surface area contributed by atoms with Gasteiger partial charge in [-0.25, -0.2) is 0 Å². The SMILES string of the molecule is CCN.NC12CC3CC(CC(C3)C1)C2. The lowest BCUT2D eigenvalue weighted by atomic mass is 9.53. The van der Waals surface area contributed by atoms with Gasteiger partial charge in [0.25, 0.3) is 0 Å². The van der Waals surface area contributed by atoms with Gasteiger partial charge in [-0.15, -0.1) is 0 Å². The lowest BCUT2D eigenvalue weighted by Gasteiger charge is -2.55. The summed E-state index contributed by atoms with van der Waals surface area (Å²) in [5.41, 5.74) is 11.5. The first-order valence-corrected chi connectivity index (χ1v) is 6.14. The van der Waals surface area contributed by atoms with Crippen molar-refractivity contribution in [3.63, 3.8) is 0 Å². The molecule has 0 aromatic heterocycles. The molecule has 14 heavy (non-hydrogen) atoms. The Balaban J connectivity index is 0.000000226. The highest BCUT2D eigenvalue weighted by Gasteiger charge is 2.48. The fraction of sp³-hybridized carbons (Fsp3) is 1.00. The number of hydrogen-bond acceptors (Lipinski definition) is 2. The van der Waals surface area contributed by atoms with E-state index in [-0.39, 0.29) is 0 Å². The molecular formula is C12H24N2. The standard InChI is InChI=1S/C10H17N.C2H7N/c11-10-4-7-1-8(5-10)3-9(2-7)6-10;1-2-3/h7-9H,1-6,11H2;2-3H2,1H3. The van der Waals surface area contributed by atoms with Crippen LogP contribution in [0.3, 0.4) is 0 Å². The van der Waals surface area contributed by atoms with Crippen LogP contribution in [-0.4, -0.2) is 12.1 Å². The molecule has 0 radical (unpaired) electrons. The molecule has 4 rings (SSSR count). The van der Waals surface area contributed by atoms with Gasteiger partial charge in [0.2, 0.25) is 0 Å². The van der Waals surface area contributed by atoms with E-state index >= 15 is 0 Å². The Kier molecular flexibility index (Phi) is 2.85. The Labute approximate surface area is 87.4 Å². The van der Waals surface area contributed by atoms with Crippen LogP contribution in [0.4, 0.5) is 0 Å². The summed E-state index contributed by atoms with van der Waals surface area (Å²) in [5.74, 6) is 3.06. The van der Waals surface area contributed by atoms with Crippen LogP contribution in [0.2, 0.25) is 0 Å². The Hall–Kier alpha value is -0.0800. The predicted molar refractivity (Wildman–Crippen MR) is 59.8 cm³/mol. The van der Waals surface area contributed by atoms with E-state index in [0.29, 0.717) is 5.54 Å². The molecule has 82 valence electrons. The summed E-state index contributed by atoms with van der Waals surface area (Å²) < 4.78 is 0. The number of rotatable bonds is 0. The second-order valence-electron chi connectivity index (χ2n) is 5.69. The van der Waals surface area contributed by atoms with Gasteiger partial charge in [0, 0.05) is 5.54 Å². The maximum atomic E-state index is 6.32. The van der Waals surface area contributed by atoms with Crippen molar-refractivity contribution in [3.8, 4) is 0 Å². The topological polar surface area (TPSA) is 52.0 Å². The molecule has 0 aliphatic heterocycles. The molecule has 0 saturated heterocycles. The van der Waals surface area contributed by atoms with Gasteiger partial charge in [-0.3, -0.25) is 0 Å². The van der Waals surface area contributed by atoms with E-state index in [1.54, 1.807) is 0 Å². The zero-order valence-electron chi connectivity index (χ0n) is 9.34. The van der Waals surface area contributed by atoms with Crippen LogP contribution in [0.15, 0.2) is 0 Å². The molecule has 0 aromatic carbocycles. The lowest BCUT2D eigenvalue weighted by molar-refractivity contribution is 0.000365. The second-order valence-corrected chi connectivity index (χ2v) is 5.69. The van der Waals surface area contributed by atoms with Gasteiger partial charge in [-0.05, 0) is 62.8 Å². The fourth-order valence-electron chi connectivity index (χ4n) is 4.18. The molecule has 2 nitrogen and oxygen atoms in total. The third-order valence-electron chi connectivity index (χ3n) is 4.09. The van der Waals surface area contributed by atoms with Crippen LogP contribution in [0, 0.1) is 17.8 Å². The molecule has 0 spiro atoms. The molecule has 0 aromatic rings. The van der Waals surface area contributed by atoms with E-state index in [1.165, 1.54) is 38.5 Å². The van der Waals surface area contributed by atoms with E-state index in [1.807, 2.05) is 6.92 Å². The molecular weight excluding hydrogens is 172 g/mol. The van der Waals surface area contributed by atoms with Crippen molar-refractivity contribution in [2.75, 3.05) is 6.54 Å². The quantitative estimate of drug-likeness (QED) is 0.621. The lowest BCUT2D eigenvalue weighted by Crippen LogP contribution is -2.55. The summed E-state index contributed by atoms with van der Waals surface area (Å²) in [5, 5.41) is 0. The minimum absolute atomic E-state index is 0.300. The fourth-order valence-corrected chi connectivity index (χ4v) is 4.18. The van der Waals surface area contributed by atoms with Gasteiger partial charge in [0.15, 0.2) is 0 Å². The maximum Gasteiger partial charge on any atom is 0.0162 e. The summed E-state index contributed by atoms with van der Waals surface area (Å²) in [6.07, 6.45) is 8.57. The third-order valence-corrected chi connectivity index (χ3v) is 4.09. The minimum atomic E-state index is 0.300. The molecule has 4 aliphatic rings. The van der Waals surface area contributed by atoms with Crippen molar-refractivity contribution in [2.45, 2.75) is 51.0 Å². The van der Waals surface area contributed by atoms with Crippen LogP contribution in [0.5, 0.6) is 0 Å². The van der Waals surface area contributed by atoms with Gasteiger partial charge in [0.05, 0.1) is 0 Å². The van der Waals surface area contributed by atoms with Gasteiger partial charge in [-0.2, -0.15) is 0 Å². The van der Waals surface area contributed by atoms with Crippen molar-refractivity contribution in [3.05, 3.63) is 0 Å². The Morgan fingerprint density at radius 2 is 1.29 bits per heavy atom. The molecule has 4 N–H and O–H groups in total. The van der Waals surface area contributed by atoms with Crippen molar-refractivity contribution >= 4 is 0 Å². The highest BCUT2D eigenvalue weighted by molar-refractivity contribution is 5.04. The van der Waals surface area contributed by atoms with Gasteiger partial charge in [0.1, 0.15) is 0 Å². The molecule has 0 heterocycles. The smallest absolute Gasteiger partial charge is 0.0162 e. The minimum Gasteiger partial charge on any atom is -0.331 e. The van der Waals surface area contributed by atoms with E-state index in [9.17, 15) is 0 Å². The van der Waals surface area contributed by atoms with E-state index in [4.69, 9.17) is 11.5 Å². The van der Waals surface area contributed by atoms with Crippen molar-refractivity contribution < 1.29 is 0 Å². The molecule has 4 aliphatic carbocycles. The van der Waals surface area contributed by atoms with Crippen LogP contribution in [0.25, 0.3) is 0 Å². The first-order chi connectivity index (χ1) is 6.65. The molecule has 4 bridgehead atoms. The summed E-state index contributed by atoms with van der Waals surface area (Å²) in [6.45, 7) is 2.65. The van der Waals surface area contributed by atoms with Crippen LogP contribution in [-0.2, 0) is 0 Å². The van der Waals surface area contributed by atoms with Crippen LogP contribution < -0.4 is 11.5 Å². The first kappa shape index (κ1) is 10.4. The zero-order chi connectivity index (χ0) is 10.2. The molecule has 0 amide bonds. The average Bonchev–Trinajstić information content (AvgIpc) is 1.99. The Morgan fingerprint density at radius 3 is 1.50 bits per heavy atom. The molecule has 4 fully saturated rings. The number of hydrogen-bond donors (Lipinski definition) is 2. The monoisotopic (exact) mass is 196 g/mol. The first-order valence-electron chi connectivity index (χ1n) is 6.14. The summed E-state index contributed by atoms with van der Waals surface area (Å²) in [6, 6.07) is 0. The van der Waals surface area contributed by atoms with Gasteiger partial charge >= 0.3 is 0 Å². The van der Waals surface area contributed by atoms with Crippen molar-refractivity contribution in [1.82, 2.24) is 0 Å². The third kappa shape index (κ3) is 1.96. The maximum absolute atomic E-state index is 6.32. The highest BCUT2D eigenvalue weighted by atomic mass is 14.8. The molecule has 0 atom stereocenters.